The number of halogens is 1. The van der Waals surface area contributed by atoms with Crippen LogP contribution in [0.5, 0.6) is 5.75 Å². The number of ether oxygens (including phenoxy) is 1. The first-order valence-electron chi connectivity index (χ1n) is 5.21. The van der Waals surface area contributed by atoms with E-state index in [1.54, 1.807) is 24.3 Å². The van der Waals surface area contributed by atoms with E-state index in [2.05, 4.69) is 16.2 Å². The highest BCUT2D eigenvalue weighted by atomic mass is 35.5. The lowest BCUT2D eigenvalue weighted by molar-refractivity contribution is 0.0936. The molecule has 0 unspecified atom stereocenters. The Balaban J connectivity index is 2.42. The van der Waals surface area contributed by atoms with Gasteiger partial charge in [-0.15, -0.1) is 11.6 Å². The van der Waals surface area contributed by atoms with E-state index >= 15 is 0 Å². The molecule has 0 atom stereocenters. The zero-order valence-corrected chi connectivity index (χ0v) is 10.6. The van der Waals surface area contributed by atoms with Crippen LogP contribution >= 0.6 is 11.6 Å². The molecule has 0 radical (unpaired) electrons. The van der Waals surface area contributed by atoms with Crippen molar-refractivity contribution in [2.24, 2.45) is 0 Å². The van der Waals surface area contributed by atoms with E-state index in [0.717, 1.165) is 0 Å². The van der Waals surface area contributed by atoms with Gasteiger partial charge in [0.1, 0.15) is 5.75 Å². The monoisotopic (exact) mass is 271 g/mol. The second-order valence-corrected chi connectivity index (χ2v) is 3.63. The van der Waals surface area contributed by atoms with Crippen molar-refractivity contribution in [2.45, 2.75) is 0 Å². The van der Waals surface area contributed by atoms with Crippen LogP contribution in [0.4, 0.5) is 4.79 Å². The van der Waals surface area contributed by atoms with Crippen LogP contribution in [0.1, 0.15) is 10.4 Å². The van der Waals surface area contributed by atoms with Crippen LogP contribution in [-0.2, 0) is 0 Å². The first-order valence-corrected chi connectivity index (χ1v) is 5.75. The molecule has 0 heterocycles. The van der Waals surface area contributed by atoms with E-state index in [4.69, 9.17) is 16.3 Å². The molecular formula is C11H14ClN3O3. The fourth-order valence-corrected chi connectivity index (χ4v) is 1.23. The zero-order chi connectivity index (χ0) is 13.4. The molecule has 6 nitrogen and oxygen atoms in total. The smallest absolute Gasteiger partial charge is 0.333 e. The van der Waals surface area contributed by atoms with Gasteiger partial charge >= 0.3 is 6.03 Å². The SMILES string of the molecule is COc1ccc(C(=O)NNC(=O)NCCCl)cc1. The third-order valence-electron chi connectivity index (χ3n) is 2.02. The molecule has 0 spiro atoms. The maximum Gasteiger partial charge on any atom is 0.333 e. The molecule has 0 aliphatic heterocycles. The van der Waals surface area contributed by atoms with E-state index in [1.165, 1.54) is 7.11 Å². The lowest BCUT2D eigenvalue weighted by Crippen LogP contribution is -2.47. The van der Waals surface area contributed by atoms with Gasteiger partial charge in [-0.3, -0.25) is 10.2 Å². The Morgan fingerprint density at radius 1 is 1.22 bits per heavy atom. The normalized spacial score (nSPS) is 9.44. The molecular weight excluding hydrogens is 258 g/mol. The molecule has 7 heteroatoms. The Labute approximate surface area is 110 Å². The summed E-state index contributed by atoms with van der Waals surface area (Å²) in [6, 6.07) is 5.97. The number of urea groups is 1. The number of hydrogen-bond acceptors (Lipinski definition) is 3. The Bertz CT molecular complexity index is 408. The van der Waals surface area contributed by atoms with Gasteiger partial charge in [0.05, 0.1) is 7.11 Å². The zero-order valence-electron chi connectivity index (χ0n) is 9.83. The number of hydrazine groups is 1. The highest BCUT2D eigenvalue weighted by Gasteiger charge is 2.06. The summed E-state index contributed by atoms with van der Waals surface area (Å²) in [6.45, 7) is 0.325. The van der Waals surface area contributed by atoms with Crippen molar-refractivity contribution < 1.29 is 14.3 Å². The van der Waals surface area contributed by atoms with Gasteiger partial charge in [0.2, 0.25) is 0 Å². The molecule has 0 aromatic heterocycles. The van der Waals surface area contributed by atoms with Crippen LogP contribution in [0.25, 0.3) is 0 Å². The standard InChI is InChI=1S/C11H14ClN3O3/c1-18-9-4-2-8(3-5-9)10(16)14-15-11(17)13-7-6-12/h2-5H,6-7H2,1H3,(H,14,16)(H2,13,15,17). The predicted molar refractivity (Wildman–Crippen MR) is 67.7 cm³/mol. The van der Waals surface area contributed by atoms with E-state index in [-0.39, 0.29) is 0 Å². The molecule has 0 bridgehead atoms. The lowest BCUT2D eigenvalue weighted by atomic mass is 10.2. The number of methoxy groups -OCH3 is 1. The van der Waals surface area contributed by atoms with Gasteiger partial charge in [-0.05, 0) is 24.3 Å². The number of carbonyl (C=O) groups is 2. The topological polar surface area (TPSA) is 79.5 Å². The summed E-state index contributed by atoms with van der Waals surface area (Å²) < 4.78 is 4.97. The average Bonchev–Trinajstić information content (AvgIpc) is 2.42. The van der Waals surface area contributed by atoms with Gasteiger partial charge < -0.3 is 10.1 Å². The molecule has 0 aliphatic carbocycles. The third-order valence-corrected chi connectivity index (χ3v) is 2.21. The summed E-state index contributed by atoms with van der Waals surface area (Å²) in [4.78, 5) is 22.7. The highest BCUT2D eigenvalue weighted by molar-refractivity contribution is 6.18. The van der Waals surface area contributed by atoms with Gasteiger partial charge in [0.15, 0.2) is 0 Å². The number of amides is 3. The largest absolute Gasteiger partial charge is 0.497 e. The molecule has 0 aliphatic rings. The van der Waals surface area contributed by atoms with Crippen molar-refractivity contribution >= 4 is 23.5 Å². The molecule has 0 saturated carbocycles. The fraction of sp³-hybridized carbons (Fsp3) is 0.273. The maximum atomic E-state index is 11.6. The first kappa shape index (κ1) is 14.1. The van der Waals surface area contributed by atoms with Crippen molar-refractivity contribution in [3.05, 3.63) is 29.8 Å². The molecule has 3 N–H and O–H groups in total. The Morgan fingerprint density at radius 3 is 2.44 bits per heavy atom. The fourth-order valence-electron chi connectivity index (χ4n) is 1.13. The summed E-state index contributed by atoms with van der Waals surface area (Å²) >= 11 is 5.39. The van der Waals surface area contributed by atoms with E-state index in [1.807, 2.05) is 0 Å². The minimum Gasteiger partial charge on any atom is -0.497 e. The van der Waals surface area contributed by atoms with Gasteiger partial charge in [-0.25, -0.2) is 10.2 Å². The molecule has 0 fully saturated rings. The number of carbonyl (C=O) groups excluding carboxylic acids is 2. The molecule has 0 saturated heterocycles. The Kier molecular flexibility index (Phi) is 5.79. The van der Waals surface area contributed by atoms with Gasteiger partial charge in [-0.2, -0.15) is 0 Å². The third kappa shape index (κ3) is 4.50. The lowest BCUT2D eigenvalue weighted by Gasteiger charge is -2.08. The number of rotatable bonds is 4. The van der Waals surface area contributed by atoms with Crippen LogP contribution in [0, 0.1) is 0 Å². The van der Waals surface area contributed by atoms with Gasteiger partial charge in [-0.1, -0.05) is 0 Å². The van der Waals surface area contributed by atoms with E-state index in [0.29, 0.717) is 23.7 Å². The van der Waals surface area contributed by atoms with Crippen LogP contribution in [0.2, 0.25) is 0 Å². The quantitative estimate of drug-likeness (QED) is 0.562. The number of benzene rings is 1. The molecule has 98 valence electrons. The molecule has 3 amide bonds. The van der Waals surface area contributed by atoms with E-state index in [9.17, 15) is 9.59 Å². The number of alkyl halides is 1. The molecule has 1 rings (SSSR count). The summed E-state index contributed by atoms with van der Waals surface area (Å²) in [6.07, 6.45) is 0. The molecule has 1 aromatic rings. The first-order chi connectivity index (χ1) is 8.67. The van der Waals surface area contributed by atoms with Crippen molar-refractivity contribution in [1.82, 2.24) is 16.2 Å². The van der Waals surface area contributed by atoms with Crippen molar-refractivity contribution in [3.8, 4) is 5.75 Å². The second-order valence-electron chi connectivity index (χ2n) is 3.25. The summed E-state index contributed by atoms with van der Waals surface area (Å²) in [5.74, 6) is 0.540. The highest BCUT2D eigenvalue weighted by Crippen LogP contribution is 2.10. The summed E-state index contributed by atoms with van der Waals surface area (Å²) in [7, 11) is 1.54. The summed E-state index contributed by atoms with van der Waals surface area (Å²) in [5, 5.41) is 2.44. The van der Waals surface area contributed by atoms with Crippen molar-refractivity contribution in [1.29, 1.82) is 0 Å². The Hall–Kier alpha value is -1.95. The van der Waals surface area contributed by atoms with Crippen LogP contribution < -0.4 is 20.9 Å². The van der Waals surface area contributed by atoms with Crippen LogP contribution in [0.15, 0.2) is 24.3 Å². The Morgan fingerprint density at radius 2 is 1.89 bits per heavy atom. The minimum absolute atomic E-state index is 0.305. The number of nitrogens with one attached hydrogen (secondary N) is 3. The minimum atomic E-state index is -0.516. The summed E-state index contributed by atoms with van der Waals surface area (Å²) in [5.41, 5.74) is 4.88. The molecule has 1 aromatic carbocycles. The van der Waals surface area contributed by atoms with Crippen LogP contribution in [-0.4, -0.2) is 31.5 Å². The maximum absolute atomic E-state index is 11.6. The van der Waals surface area contributed by atoms with Crippen LogP contribution in [0.3, 0.4) is 0 Å². The number of hydrogen-bond donors (Lipinski definition) is 3. The van der Waals surface area contributed by atoms with Gasteiger partial charge in [0, 0.05) is 18.0 Å². The average molecular weight is 272 g/mol. The predicted octanol–water partition coefficient (Wildman–Crippen LogP) is 0.878. The molecule has 18 heavy (non-hydrogen) atoms. The van der Waals surface area contributed by atoms with Gasteiger partial charge in [0.25, 0.3) is 5.91 Å². The van der Waals surface area contributed by atoms with Crippen molar-refractivity contribution in [3.63, 3.8) is 0 Å². The van der Waals surface area contributed by atoms with Crippen molar-refractivity contribution in [2.75, 3.05) is 19.5 Å². The second kappa shape index (κ2) is 7.39. The van der Waals surface area contributed by atoms with E-state index < -0.39 is 11.9 Å².